The summed E-state index contributed by atoms with van der Waals surface area (Å²) in [5.74, 6) is 0.517. The molecule has 1 nitrogen and oxygen atoms in total. The van der Waals surface area contributed by atoms with Crippen molar-refractivity contribution in [1.29, 1.82) is 0 Å². The standard InChI is InChI=1S/C25H50O/c1-3-5-7-9-11-13-14-15-16-18-20-22-24-25(26)23-21-19-17-12-10-8-6-4-2/h3-24H2,1-2H3. The van der Waals surface area contributed by atoms with Gasteiger partial charge in [0.25, 0.3) is 0 Å². The van der Waals surface area contributed by atoms with Crippen LogP contribution < -0.4 is 0 Å². The molecule has 1 heteroatoms. The number of ketones is 1. The summed E-state index contributed by atoms with van der Waals surface area (Å²) in [5, 5.41) is 0. The highest BCUT2D eigenvalue weighted by Crippen LogP contribution is 2.14. The van der Waals surface area contributed by atoms with Gasteiger partial charge in [0.05, 0.1) is 0 Å². The highest BCUT2D eigenvalue weighted by molar-refractivity contribution is 5.78. The Bertz CT molecular complexity index is 271. The molecule has 0 heterocycles. The average molecular weight is 367 g/mol. The van der Waals surface area contributed by atoms with Crippen molar-refractivity contribution in [3.63, 3.8) is 0 Å². The first-order valence-corrected chi connectivity index (χ1v) is 12.3. The van der Waals surface area contributed by atoms with E-state index in [4.69, 9.17) is 0 Å². The number of unbranched alkanes of at least 4 members (excludes halogenated alkanes) is 18. The molecule has 0 rings (SSSR count). The Balaban J connectivity index is 3.13. The summed E-state index contributed by atoms with van der Waals surface area (Å²) in [7, 11) is 0. The van der Waals surface area contributed by atoms with Gasteiger partial charge in [-0.2, -0.15) is 0 Å². The number of hydrogen-bond donors (Lipinski definition) is 0. The van der Waals surface area contributed by atoms with Crippen LogP contribution in [-0.2, 0) is 4.79 Å². The second kappa shape index (κ2) is 22.7. The molecule has 0 amide bonds. The minimum Gasteiger partial charge on any atom is -0.300 e. The zero-order chi connectivity index (χ0) is 19.1. The molecule has 0 aromatic heterocycles. The predicted molar refractivity (Wildman–Crippen MR) is 118 cm³/mol. The van der Waals surface area contributed by atoms with Gasteiger partial charge in [0.1, 0.15) is 5.78 Å². The zero-order valence-electron chi connectivity index (χ0n) is 18.5. The lowest BCUT2D eigenvalue weighted by molar-refractivity contribution is -0.119. The lowest BCUT2D eigenvalue weighted by atomic mass is 10.0. The molecule has 0 fully saturated rings. The third-order valence-corrected chi connectivity index (χ3v) is 5.62. The van der Waals surface area contributed by atoms with Crippen LogP contribution in [0, 0.1) is 0 Å². The van der Waals surface area contributed by atoms with Gasteiger partial charge >= 0.3 is 0 Å². The molecule has 0 unspecified atom stereocenters. The van der Waals surface area contributed by atoms with E-state index in [2.05, 4.69) is 13.8 Å². The van der Waals surface area contributed by atoms with Gasteiger partial charge in [-0.25, -0.2) is 0 Å². The first kappa shape index (κ1) is 25.7. The number of hydrogen-bond acceptors (Lipinski definition) is 1. The molecule has 0 aliphatic rings. The zero-order valence-corrected chi connectivity index (χ0v) is 18.5. The van der Waals surface area contributed by atoms with Crippen molar-refractivity contribution >= 4 is 5.78 Å². The molecule has 156 valence electrons. The lowest BCUT2D eigenvalue weighted by Crippen LogP contribution is -1.97. The second-order valence-electron chi connectivity index (χ2n) is 8.40. The Morgan fingerprint density at radius 1 is 0.385 bits per heavy atom. The fourth-order valence-electron chi connectivity index (χ4n) is 3.74. The maximum absolute atomic E-state index is 11.9. The van der Waals surface area contributed by atoms with E-state index in [1.165, 1.54) is 116 Å². The Hall–Kier alpha value is -0.330. The summed E-state index contributed by atoms with van der Waals surface area (Å²) < 4.78 is 0. The van der Waals surface area contributed by atoms with Gasteiger partial charge in [0, 0.05) is 12.8 Å². The van der Waals surface area contributed by atoms with E-state index in [1.807, 2.05) is 0 Å². The topological polar surface area (TPSA) is 17.1 Å². The molecule has 0 spiro atoms. The van der Waals surface area contributed by atoms with Crippen LogP contribution in [0.2, 0.25) is 0 Å². The summed E-state index contributed by atoms with van der Waals surface area (Å²) in [5.41, 5.74) is 0. The van der Waals surface area contributed by atoms with Crippen LogP contribution in [-0.4, -0.2) is 5.78 Å². The van der Waals surface area contributed by atoms with Crippen LogP contribution in [0.5, 0.6) is 0 Å². The van der Waals surface area contributed by atoms with Gasteiger partial charge in [0.2, 0.25) is 0 Å². The first-order valence-electron chi connectivity index (χ1n) is 12.3. The fourth-order valence-corrected chi connectivity index (χ4v) is 3.74. The fraction of sp³-hybridized carbons (Fsp3) is 0.960. The molecule has 0 N–H and O–H groups in total. The third kappa shape index (κ3) is 21.7. The van der Waals surface area contributed by atoms with E-state index < -0.39 is 0 Å². The van der Waals surface area contributed by atoms with E-state index >= 15 is 0 Å². The minimum atomic E-state index is 0.517. The SMILES string of the molecule is CCCCCCCCCCCCCCC(=O)CCCCCCCCCC. The maximum atomic E-state index is 11.9. The van der Waals surface area contributed by atoms with Crippen molar-refractivity contribution in [2.24, 2.45) is 0 Å². The van der Waals surface area contributed by atoms with Crippen LogP contribution in [0.1, 0.15) is 155 Å². The van der Waals surface area contributed by atoms with E-state index in [9.17, 15) is 4.79 Å². The van der Waals surface area contributed by atoms with Crippen molar-refractivity contribution in [2.75, 3.05) is 0 Å². The van der Waals surface area contributed by atoms with E-state index in [0.717, 1.165) is 25.7 Å². The smallest absolute Gasteiger partial charge is 0.132 e. The summed E-state index contributed by atoms with van der Waals surface area (Å²) in [6, 6.07) is 0. The van der Waals surface area contributed by atoms with Crippen molar-refractivity contribution < 1.29 is 4.79 Å². The van der Waals surface area contributed by atoms with Gasteiger partial charge in [-0.05, 0) is 12.8 Å². The Morgan fingerprint density at radius 2 is 0.615 bits per heavy atom. The van der Waals surface area contributed by atoms with Crippen LogP contribution in [0.15, 0.2) is 0 Å². The van der Waals surface area contributed by atoms with Crippen LogP contribution in [0.4, 0.5) is 0 Å². The molecule has 0 atom stereocenters. The highest BCUT2D eigenvalue weighted by atomic mass is 16.1. The summed E-state index contributed by atoms with van der Waals surface area (Å²) in [6.07, 6.45) is 28.7. The molecule has 0 aliphatic heterocycles. The third-order valence-electron chi connectivity index (χ3n) is 5.62. The Labute approximate surface area is 166 Å². The molecule has 0 aromatic rings. The molecule has 0 aliphatic carbocycles. The molecule has 0 saturated heterocycles. The van der Waals surface area contributed by atoms with Gasteiger partial charge in [-0.3, -0.25) is 4.79 Å². The van der Waals surface area contributed by atoms with Crippen LogP contribution in [0.3, 0.4) is 0 Å². The van der Waals surface area contributed by atoms with Crippen molar-refractivity contribution in [3.05, 3.63) is 0 Å². The Morgan fingerprint density at radius 3 is 0.885 bits per heavy atom. The van der Waals surface area contributed by atoms with Gasteiger partial charge < -0.3 is 0 Å². The largest absolute Gasteiger partial charge is 0.300 e. The molecule has 0 aromatic carbocycles. The number of carbonyl (C=O) groups excluding carboxylic acids is 1. The molecule has 0 radical (unpaired) electrons. The molecule has 0 bridgehead atoms. The number of rotatable bonds is 22. The van der Waals surface area contributed by atoms with Crippen molar-refractivity contribution in [3.8, 4) is 0 Å². The minimum absolute atomic E-state index is 0.517. The van der Waals surface area contributed by atoms with Gasteiger partial charge in [-0.1, -0.05) is 129 Å². The van der Waals surface area contributed by atoms with Gasteiger partial charge in [-0.15, -0.1) is 0 Å². The molecule has 0 saturated carbocycles. The average Bonchev–Trinajstić information content (AvgIpc) is 2.65. The normalized spacial score (nSPS) is 11.2. The summed E-state index contributed by atoms with van der Waals surface area (Å²) in [6.45, 7) is 4.55. The Kier molecular flexibility index (Phi) is 22.4. The predicted octanol–water partition coefficient (Wildman–Crippen LogP) is 9.18. The van der Waals surface area contributed by atoms with Crippen molar-refractivity contribution in [1.82, 2.24) is 0 Å². The molecular weight excluding hydrogens is 316 g/mol. The van der Waals surface area contributed by atoms with Crippen LogP contribution in [0.25, 0.3) is 0 Å². The van der Waals surface area contributed by atoms with Crippen LogP contribution >= 0.6 is 0 Å². The van der Waals surface area contributed by atoms with E-state index in [1.54, 1.807) is 0 Å². The highest BCUT2D eigenvalue weighted by Gasteiger charge is 2.02. The second-order valence-corrected chi connectivity index (χ2v) is 8.40. The van der Waals surface area contributed by atoms with Crippen molar-refractivity contribution in [2.45, 2.75) is 155 Å². The molecular formula is C25H50O. The van der Waals surface area contributed by atoms with E-state index in [0.29, 0.717) is 5.78 Å². The summed E-state index contributed by atoms with van der Waals surface area (Å²) >= 11 is 0. The first-order chi connectivity index (χ1) is 12.8. The maximum Gasteiger partial charge on any atom is 0.132 e. The quantitative estimate of drug-likeness (QED) is 0.174. The molecule has 26 heavy (non-hydrogen) atoms. The van der Waals surface area contributed by atoms with E-state index in [-0.39, 0.29) is 0 Å². The lowest BCUT2D eigenvalue weighted by Gasteiger charge is -2.04. The van der Waals surface area contributed by atoms with Gasteiger partial charge in [0.15, 0.2) is 0 Å². The summed E-state index contributed by atoms with van der Waals surface area (Å²) in [4.78, 5) is 11.9. The monoisotopic (exact) mass is 366 g/mol. The number of Topliss-reactive ketones (excluding diaryl/α,β-unsaturated/α-hetero) is 1. The number of carbonyl (C=O) groups is 1.